The number of benzene rings is 1. The summed E-state index contributed by atoms with van der Waals surface area (Å²) < 4.78 is 11.2. The molecule has 0 aliphatic carbocycles. The smallest absolute Gasteiger partial charge is 0.123 e. The van der Waals surface area contributed by atoms with Gasteiger partial charge in [0, 0.05) is 38.3 Å². The largest absolute Gasteiger partial charge is 0.497 e. The van der Waals surface area contributed by atoms with Crippen molar-refractivity contribution in [3.63, 3.8) is 0 Å². The molecule has 1 aliphatic rings. The van der Waals surface area contributed by atoms with E-state index < -0.39 is 0 Å². The number of hydrogen-bond acceptors (Lipinski definition) is 4. The first-order chi connectivity index (χ1) is 10.2. The maximum absolute atomic E-state index is 5.96. The quantitative estimate of drug-likeness (QED) is 0.718. The summed E-state index contributed by atoms with van der Waals surface area (Å²) in [6, 6.07) is 5.95. The SMILES string of the molecule is C=CCc1cc(OC)ccc1OCCN1CCN(C)CC1. The van der Waals surface area contributed by atoms with Crippen LogP contribution in [0.2, 0.25) is 0 Å². The van der Waals surface area contributed by atoms with Crippen molar-refractivity contribution in [2.45, 2.75) is 6.42 Å². The van der Waals surface area contributed by atoms with Crippen LogP contribution in [0.4, 0.5) is 0 Å². The van der Waals surface area contributed by atoms with Gasteiger partial charge in [-0.05, 0) is 31.7 Å². The Morgan fingerprint density at radius 2 is 2.00 bits per heavy atom. The van der Waals surface area contributed by atoms with Crippen LogP contribution >= 0.6 is 0 Å². The molecule has 1 aliphatic heterocycles. The van der Waals surface area contributed by atoms with Gasteiger partial charge >= 0.3 is 0 Å². The minimum Gasteiger partial charge on any atom is -0.497 e. The standard InChI is InChI=1S/C17H26N2O2/c1-4-5-15-14-16(20-3)6-7-17(15)21-13-12-19-10-8-18(2)9-11-19/h4,6-7,14H,1,5,8-13H2,2-3H3. The van der Waals surface area contributed by atoms with Crippen LogP contribution < -0.4 is 9.47 Å². The van der Waals surface area contributed by atoms with Gasteiger partial charge in [-0.3, -0.25) is 4.90 Å². The van der Waals surface area contributed by atoms with E-state index in [2.05, 4.69) is 23.4 Å². The van der Waals surface area contributed by atoms with Crippen LogP contribution in [0.1, 0.15) is 5.56 Å². The van der Waals surface area contributed by atoms with E-state index in [-0.39, 0.29) is 0 Å². The summed E-state index contributed by atoms with van der Waals surface area (Å²) in [5.74, 6) is 1.79. The molecule has 1 heterocycles. The third-order valence-corrected chi connectivity index (χ3v) is 3.89. The third kappa shape index (κ3) is 4.76. The van der Waals surface area contributed by atoms with Crippen LogP contribution in [0, 0.1) is 0 Å². The van der Waals surface area contributed by atoms with Gasteiger partial charge in [-0.1, -0.05) is 6.08 Å². The fourth-order valence-electron chi connectivity index (χ4n) is 2.49. The molecule has 0 amide bonds. The third-order valence-electron chi connectivity index (χ3n) is 3.89. The zero-order valence-corrected chi connectivity index (χ0v) is 13.2. The average molecular weight is 290 g/mol. The van der Waals surface area contributed by atoms with E-state index in [4.69, 9.17) is 9.47 Å². The Labute approximate surface area is 127 Å². The van der Waals surface area contributed by atoms with Crippen molar-refractivity contribution in [1.82, 2.24) is 9.80 Å². The van der Waals surface area contributed by atoms with E-state index in [1.807, 2.05) is 24.3 Å². The molecule has 116 valence electrons. The molecule has 0 radical (unpaired) electrons. The molecule has 1 aromatic carbocycles. The van der Waals surface area contributed by atoms with E-state index in [1.165, 1.54) is 0 Å². The number of piperazine rings is 1. The first-order valence-corrected chi connectivity index (χ1v) is 7.54. The van der Waals surface area contributed by atoms with E-state index in [9.17, 15) is 0 Å². The number of hydrogen-bond donors (Lipinski definition) is 0. The first kappa shape index (κ1) is 15.9. The summed E-state index contributed by atoms with van der Waals surface area (Å²) in [5.41, 5.74) is 1.13. The number of ether oxygens (including phenoxy) is 2. The normalized spacial score (nSPS) is 16.7. The van der Waals surface area contributed by atoms with Crippen molar-refractivity contribution >= 4 is 0 Å². The Morgan fingerprint density at radius 3 is 2.67 bits per heavy atom. The zero-order valence-electron chi connectivity index (χ0n) is 13.2. The average Bonchev–Trinajstić information content (AvgIpc) is 2.51. The topological polar surface area (TPSA) is 24.9 Å². The second-order valence-electron chi connectivity index (χ2n) is 5.46. The number of methoxy groups -OCH3 is 1. The van der Waals surface area contributed by atoms with Crippen molar-refractivity contribution in [3.8, 4) is 11.5 Å². The van der Waals surface area contributed by atoms with E-state index in [0.717, 1.165) is 62.8 Å². The van der Waals surface area contributed by atoms with Crippen molar-refractivity contribution in [1.29, 1.82) is 0 Å². The Bertz CT molecular complexity index is 454. The molecule has 4 heteroatoms. The summed E-state index contributed by atoms with van der Waals surface area (Å²) in [6.45, 7) is 10.0. The number of rotatable bonds is 7. The van der Waals surface area contributed by atoms with Crippen LogP contribution in [0.3, 0.4) is 0 Å². The van der Waals surface area contributed by atoms with Crippen molar-refractivity contribution in [3.05, 3.63) is 36.4 Å². The molecule has 0 aromatic heterocycles. The lowest BCUT2D eigenvalue weighted by molar-refractivity contribution is 0.133. The maximum atomic E-state index is 5.96. The van der Waals surface area contributed by atoms with E-state index in [0.29, 0.717) is 0 Å². The Hall–Kier alpha value is -1.52. The van der Waals surface area contributed by atoms with Gasteiger partial charge < -0.3 is 14.4 Å². The Balaban J connectivity index is 1.85. The molecule has 0 saturated carbocycles. The minimum absolute atomic E-state index is 0.722. The number of nitrogens with zero attached hydrogens (tertiary/aromatic N) is 2. The second-order valence-corrected chi connectivity index (χ2v) is 5.46. The summed E-state index contributed by atoms with van der Waals surface area (Å²) in [5, 5.41) is 0. The molecule has 2 rings (SSSR count). The lowest BCUT2D eigenvalue weighted by Gasteiger charge is -2.32. The molecule has 21 heavy (non-hydrogen) atoms. The van der Waals surface area contributed by atoms with Crippen LogP contribution in [-0.4, -0.2) is 63.3 Å². The molecule has 0 unspecified atom stereocenters. The molecule has 4 nitrogen and oxygen atoms in total. The van der Waals surface area contributed by atoms with E-state index >= 15 is 0 Å². The van der Waals surface area contributed by atoms with Gasteiger partial charge in [0.05, 0.1) is 7.11 Å². The van der Waals surface area contributed by atoms with E-state index in [1.54, 1.807) is 7.11 Å². The second kappa shape index (κ2) is 8.05. The van der Waals surface area contributed by atoms with Gasteiger partial charge in [0.15, 0.2) is 0 Å². The van der Waals surface area contributed by atoms with Crippen LogP contribution in [0.15, 0.2) is 30.9 Å². The maximum Gasteiger partial charge on any atom is 0.123 e. The van der Waals surface area contributed by atoms with Gasteiger partial charge in [-0.15, -0.1) is 6.58 Å². The summed E-state index contributed by atoms with van der Waals surface area (Å²) >= 11 is 0. The number of allylic oxidation sites excluding steroid dienone is 1. The Morgan fingerprint density at radius 1 is 1.24 bits per heavy atom. The van der Waals surface area contributed by atoms with Crippen molar-refractivity contribution in [2.24, 2.45) is 0 Å². The summed E-state index contributed by atoms with van der Waals surface area (Å²) in [7, 11) is 3.85. The minimum atomic E-state index is 0.722. The van der Waals surface area contributed by atoms with Gasteiger partial charge in [0.2, 0.25) is 0 Å². The highest BCUT2D eigenvalue weighted by molar-refractivity contribution is 5.41. The number of likely N-dealkylation sites (N-methyl/N-ethyl adjacent to an activating group) is 1. The highest BCUT2D eigenvalue weighted by Gasteiger charge is 2.13. The lowest BCUT2D eigenvalue weighted by atomic mass is 10.1. The van der Waals surface area contributed by atoms with Crippen LogP contribution in [0.5, 0.6) is 11.5 Å². The molecular formula is C17H26N2O2. The molecule has 1 saturated heterocycles. The molecule has 1 aromatic rings. The van der Waals surface area contributed by atoms with Gasteiger partial charge in [0.1, 0.15) is 18.1 Å². The Kier molecular flexibility index (Phi) is 6.08. The van der Waals surface area contributed by atoms with Gasteiger partial charge in [0.25, 0.3) is 0 Å². The van der Waals surface area contributed by atoms with Crippen molar-refractivity contribution in [2.75, 3.05) is 53.5 Å². The molecule has 0 bridgehead atoms. The summed E-state index contributed by atoms with van der Waals surface area (Å²) in [4.78, 5) is 4.82. The first-order valence-electron chi connectivity index (χ1n) is 7.54. The van der Waals surface area contributed by atoms with Crippen molar-refractivity contribution < 1.29 is 9.47 Å². The van der Waals surface area contributed by atoms with Gasteiger partial charge in [-0.2, -0.15) is 0 Å². The predicted octanol–water partition coefficient (Wildman–Crippen LogP) is 2.05. The highest BCUT2D eigenvalue weighted by atomic mass is 16.5. The predicted molar refractivity (Wildman–Crippen MR) is 86.3 cm³/mol. The fraction of sp³-hybridized carbons (Fsp3) is 0.529. The highest BCUT2D eigenvalue weighted by Crippen LogP contribution is 2.25. The molecule has 1 fully saturated rings. The molecule has 0 atom stereocenters. The molecule has 0 N–H and O–H groups in total. The van der Waals surface area contributed by atoms with Crippen LogP contribution in [-0.2, 0) is 6.42 Å². The molecular weight excluding hydrogens is 264 g/mol. The van der Waals surface area contributed by atoms with Crippen LogP contribution in [0.25, 0.3) is 0 Å². The molecule has 0 spiro atoms. The lowest BCUT2D eigenvalue weighted by Crippen LogP contribution is -2.45. The zero-order chi connectivity index (χ0) is 15.1. The summed E-state index contributed by atoms with van der Waals surface area (Å²) in [6.07, 6.45) is 2.68. The monoisotopic (exact) mass is 290 g/mol. The fourth-order valence-corrected chi connectivity index (χ4v) is 2.49. The van der Waals surface area contributed by atoms with Gasteiger partial charge in [-0.25, -0.2) is 0 Å².